The molecule has 0 aliphatic heterocycles. The van der Waals surface area contributed by atoms with E-state index >= 15 is 0 Å². The van der Waals surface area contributed by atoms with Gasteiger partial charge < -0.3 is 57.0 Å². The van der Waals surface area contributed by atoms with Crippen molar-refractivity contribution in [3.63, 3.8) is 0 Å². The molecule has 1 aliphatic carbocycles. The molecule has 57 heavy (non-hydrogen) atoms. The van der Waals surface area contributed by atoms with Crippen molar-refractivity contribution in [2.24, 2.45) is 5.73 Å². The van der Waals surface area contributed by atoms with Crippen molar-refractivity contribution < 1.29 is 62.5 Å². The fraction of sp³-hybridized carbons (Fsp3) is 0.432. The molecule has 1 aliphatic rings. The highest BCUT2D eigenvalue weighted by atomic mass is 16.6. The third-order valence-electron chi connectivity index (χ3n) is 8.04. The molecule has 3 atom stereocenters. The number of ether oxygens (including phenoxy) is 3. The van der Waals surface area contributed by atoms with E-state index in [-0.39, 0.29) is 12.5 Å². The highest BCUT2D eigenvalue weighted by molar-refractivity contribution is 5.93. The number of fused-ring (bicyclic) bond motifs is 3. The number of hydrogen-bond acceptors (Lipinski definition) is 12. The van der Waals surface area contributed by atoms with Crippen LogP contribution in [0, 0.1) is 0 Å². The monoisotopic (exact) mass is 797 g/mol. The molecule has 9 N–H and O–H groups in total. The Balaban J connectivity index is 1.46. The largest absolute Gasteiger partial charge is 0.480 e. The van der Waals surface area contributed by atoms with Crippen molar-refractivity contribution in [1.82, 2.24) is 31.9 Å². The van der Waals surface area contributed by atoms with Crippen LogP contribution in [0.15, 0.2) is 48.5 Å². The van der Waals surface area contributed by atoms with Gasteiger partial charge in [-0.3, -0.25) is 28.8 Å². The molecule has 0 unspecified atom stereocenters. The molecule has 2 aromatic carbocycles. The number of amides is 7. The summed E-state index contributed by atoms with van der Waals surface area (Å²) in [6, 6.07) is 10.9. The number of benzene rings is 2. The predicted molar refractivity (Wildman–Crippen MR) is 199 cm³/mol. The molecule has 20 heteroatoms. The van der Waals surface area contributed by atoms with Gasteiger partial charge in [0.25, 0.3) is 0 Å². The lowest BCUT2D eigenvalue weighted by molar-refractivity contribution is -0.150. The molecule has 0 saturated heterocycles. The summed E-state index contributed by atoms with van der Waals surface area (Å²) in [5, 5.41) is 23.2. The minimum atomic E-state index is -1.70. The van der Waals surface area contributed by atoms with E-state index in [1.807, 2.05) is 48.5 Å². The zero-order chi connectivity index (χ0) is 42.3. The van der Waals surface area contributed by atoms with Crippen LogP contribution in [0.3, 0.4) is 0 Å². The maximum atomic E-state index is 13.0. The van der Waals surface area contributed by atoms with Crippen molar-refractivity contribution in [3.05, 3.63) is 59.7 Å². The number of carboxylic acids is 1. The lowest BCUT2D eigenvalue weighted by Gasteiger charge is -2.24. The summed E-state index contributed by atoms with van der Waals surface area (Å²) < 4.78 is 15.5. The van der Waals surface area contributed by atoms with Gasteiger partial charge in [0, 0.05) is 12.5 Å². The lowest BCUT2D eigenvalue weighted by Crippen LogP contribution is -2.57. The van der Waals surface area contributed by atoms with Crippen LogP contribution in [0.4, 0.5) is 9.59 Å². The Morgan fingerprint density at radius 1 is 0.737 bits per heavy atom. The Hall–Kier alpha value is -6.73. The van der Waals surface area contributed by atoms with Crippen LogP contribution in [0.2, 0.25) is 0 Å². The molecule has 0 bridgehead atoms. The van der Waals surface area contributed by atoms with E-state index < -0.39 is 116 Å². The number of primary amides is 1. The third kappa shape index (κ3) is 14.8. The Morgan fingerprint density at radius 3 is 1.91 bits per heavy atom. The molecule has 20 nitrogen and oxygen atoms in total. The van der Waals surface area contributed by atoms with E-state index in [1.54, 1.807) is 20.8 Å². The molecule has 7 amide bonds. The van der Waals surface area contributed by atoms with Gasteiger partial charge in [-0.15, -0.1) is 0 Å². The van der Waals surface area contributed by atoms with Gasteiger partial charge in [-0.05, 0) is 49.9 Å². The normalized spacial score (nSPS) is 13.2. The van der Waals surface area contributed by atoms with Crippen molar-refractivity contribution in [2.45, 2.75) is 70.2 Å². The van der Waals surface area contributed by atoms with Gasteiger partial charge in [0.15, 0.2) is 0 Å². The molecule has 0 spiro atoms. The Bertz CT molecular complexity index is 1800. The summed E-state index contributed by atoms with van der Waals surface area (Å²) in [4.78, 5) is 110. The van der Waals surface area contributed by atoms with Gasteiger partial charge in [0.05, 0.1) is 25.9 Å². The van der Waals surface area contributed by atoms with E-state index in [0.717, 1.165) is 22.3 Å². The fourth-order valence-electron chi connectivity index (χ4n) is 5.38. The second kappa shape index (κ2) is 20.8. The van der Waals surface area contributed by atoms with Crippen molar-refractivity contribution in [1.29, 1.82) is 0 Å². The third-order valence-corrected chi connectivity index (χ3v) is 8.04. The number of carbonyl (C=O) groups excluding carboxylic acids is 8. The van der Waals surface area contributed by atoms with E-state index in [4.69, 9.17) is 19.9 Å². The SMILES string of the molecule is C[C@H](NC(=O)[C@H](CNC(=O)CCOC(=O)C[C@H](NC(=O)OCC1c2ccccc2-c2ccccc21)C(=O)O)NC(=O)OC(C)(C)C)C(=O)NCC(=O)NCC(N)=O. The van der Waals surface area contributed by atoms with Crippen molar-refractivity contribution >= 4 is 53.7 Å². The number of carboxylic acid groups (broad SMARTS) is 1. The Labute approximate surface area is 327 Å². The van der Waals surface area contributed by atoms with E-state index in [2.05, 4.69) is 31.9 Å². The first kappa shape index (κ1) is 44.7. The van der Waals surface area contributed by atoms with Gasteiger partial charge in [0.1, 0.15) is 36.9 Å². The molecule has 0 fully saturated rings. The lowest BCUT2D eigenvalue weighted by atomic mass is 9.98. The zero-order valence-corrected chi connectivity index (χ0v) is 31.8. The molecule has 0 saturated carbocycles. The standard InChI is InChI=1S/C37H47N7O13/c1-20(32(49)41-18-30(47)40-17-28(38)45)42-33(50)27(44-36(54)57-37(2,3)4)16-39-29(46)13-14-55-31(48)15-26(34(51)52)43-35(53)56-19-25-23-11-7-5-9-21(23)22-10-6-8-12-24(22)25/h5-12,20,25-27H,13-19H2,1-4H3,(H2,38,45)(H,39,46)(H,40,47)(H,41,49)(H,42,50)(H,43,53)(H,44,54)(H,51,52)/t20-,26-,27-/m0/s1. The molecule has 0 aromatic heterocycles. The van der Waals surface area contributed by atoms with Gasteiger partial charge in [0.2, 0.25) is 29.5 Å². The van der Waals surface area contributed by atoms with Crippen LogP contribution < -0.4 is 37.6 Å². The second-order valence-corrected chi connectivity index (χ2v) is 13.7. The van der Waals surface area contributed by atoms with Crippen LogP contribution >= 0.6 is 0 Å². The van der Waals surface area contributed by atoms with Gasteiger partial charge in [-0.25, -0.2) is 14.4 Å². The van der Waals surface area contributed by atoms with Crippen LogP contribution in [0.25, 0.3) is 11.1 Å². The Morgan fingerprint density at radius 2 is 1.33 bits per heavy atom. The van der Waals surface area contributed by atoms with Gasteiger partial charge in [-0.2, -0.15) is 0 Å². The second-order valence-electron chi connectivity index (χ2n) is 13.7. The maximum absolute atomic E-state index is 13.0. The van der Waals surface area contributed by atoms with E-state index in [0.29, 0.717) is 0 Å². The van der Waals surface area contributed by atoms with Gasteiger partial charge in [-0.1, -0.05) is 48.5 Å². The summed E-state index contributed by atoms with van der Waals surface area (Å²) in [6.07, 6.45) is -3.31. The van der Waals surface area contributed by atoms with E-state index in [9.17, 15) is 48.3 Å². The quantitative estimate of drug-likeness (QED) is 0.0660. The number of carbonyl (C=O) groups is 9. The van der Waals surface area contributed by atoms with E-state index in [1.165, 1.54) is 6.92 Å². The first-order valence-electron chi connectivity index (χ1n) is 17.7. The Kier molecular flexibility index (Phi) is 16.3. The number of esters is 1. The first-order chi connectivity index (χ1) is 26.8. The maximum Gasteiger partial charge on any atom is 0.408 e. The fourth-order valence-corrected chi connectivity index (χ4v) is 5.38. The molecule has 3 rings (SSSR count). The van der Waals surface area contributed by atoms with Crippen LogP contribution in [0.1, 0.15) is 57.6 Å². The van der Waals surface area contributed by atoms with Gasteiger partial charge >= 0.3 is 24.1 Å². The molecular weight excluding hydrogens is 750 g/mol. The molecular formula is C37H47N7O13. The number of rotatable bonds is 19. The number of nitrogens with one attached hydrogen (secondary N) is 6. The topological polar surface area (TPSA) is 300 Å². The average Bonchev–Trinajstić information content (AvgIpc) is 3.45. The molecule has 2 aromatic rings. The highest BCUT2D eigenvalue weighted by Crippen LogP contribution is 2.44. The van der Waals surface area contributed by atoms with Crippen molar-refractivity contribution in [2.75, 3.05) is 32.8 Å². The summed E-state index contributed by atoms with van der Waals surface area (Å²) in [7, 11) is 0. The highest BCUT2D eigenvalue weighted by Gasteiger charge is 2.31. The molecule has 0 radical (unpaired) electrons. The number of aliphatic carboxylic acids is 1. The van der Waals surface area contributed by atoms with Crippen LogP contribution in [0.5, 0.6) is 0 Å². The smallest absolute Gasteiger partial charge is 0.408 e. The summed E-state index contributed by atoms with van der Waals surface area (Å²) in [5.74, 6) is -6.82. The molecule has 308 valence electrons. The van der Waals surface area contributed by atoms with Crippen molar-refractivity contribution in [3.8, 4) is 11.1 Å². The minimum absolute atomic E-state index is 0.0865. The van der Waals surface area contributed by atoms with Crippen LogP contribution in [-0.2, 0) is 47.8 Å². The summed E-state index contributed by atoms with van der Waals surface area (Å²) >= 11 is 0. The summed E-state index contributed by atoms with van der Waals surface area (Å²) in [6.45, 7) is 3.94. The number of nitrogens with two attached hydrogens (primary N) is 1. The van der Waals surface area contributed by atoms with Crippen LogP contribution in [-0.4, -0.2) is 115 Å². The first-order valence-corrected chi connectivity index (χ1v) is 17.7. The molecule has 0 heterocycles. The number of alkyl carbamates (subject to hydrolysis) is 2. The predicted octanol–water partition coefficient (Wildman–Crippen LogP) is -0.466. The average molecular weight is 798 g/mol. The zero-order valence-electron chi connectivity index (χ0n) is 31.8. The minimum Gasteiger partial charge on any atom is -0.480 e. The summed E-state index contributed by atoms with van der Waals surface area (Å²) in [5.41, 5.74) is 7.90. The number of hydrogen-bond donors (Lipinski definition) is 8.